The van der Waals surface area contributed by atoms with E-state index in [1.807, 2.05) is 0 Å². The van der Waals surface area contributed by atoms with Crippen LogP contribution < -0.4 is 0 Å². The molecular formula is C27H26ClF3N4O4S. The van der Waals surface area contributed by atoms with Gasteiger partial charge in [0.15, 0.2) is 0 Å². The third kappa shape index (κ3) is 6.36. The number of hydrogen-bond donors (Lipinski definition) is 0. The zero-order chi connectivity index (χ0) is 28.4. The molecule has 2 saturated heterocycles. The number of carbonyl (C=O) groups excluding carboxylic acids is 2. The number of hydrogen-bond acceptors (Lipinski definition) is 7. The van der Waals surface area contributed by atoms with Crippen molar-refractivity contribution in [2.45, 2.75) is 18.8 Å². The van der Waals surface area contributed by atoms with Crippen LogP contribution >= 0.6 is 23.4 Å². The van der Waals surface area contributed by atoms with Crippen LogP contribution in [0.4, 0.5) is 18.0 Å². The summed E-state index contributed by atoms with van der Waals surface area (Å²) >= 11 is 6.67. The highest BCUT2D eigenvalue weighted by Gasteiger charge is 2.38. The number of amides is 2. The normalized spacial score (nSPS) is 19.9. The fourth-order valence-electron chi connectivity index (χ4n) is 4.76. The van der Waals surface area contributed by atoms with Gasteiger partial charge in [0.25, 0.3) is 11.1 Å². The predicted octanol–water partition coefficient (Wildman–Crippen LogP) is 5.14. The van der Waals surface area contributed by atoms with Crippen molar-refractivity contribution in [2.75, 3.05) is 46.5 Å². The van der Waals surface area contributed by atoms with Crippen molar-refractivity contribution in [1.29, 1.82) is 0 Å². The molecule has 0 spiro atoms. The standard InChI is InChI=1S/C27H26ClF3N4O4S/c1-38-8-6-33-7-9-39-21(15-33)16-34-25(36)24(40-26(34)37)11-17-2-5-23-19(10-17)13-32-35(23)14-18-3-4-20(28)12-22(18)27(29,30)31/h2-5,10-13,21H,6-9,14-16H2,1H3/b24-11-/t21-/m0/s1. The molecule has 0 aliphatic carbocycles. The van der Waals surface area contributed by atoms with E-state index in [1.54, 1.807) is 37.6 Å². The topological polar surface area (TPSA) is 76.9 Å². The van der Waals surface area contributed by atoms with Gasteiger partial charge in [-0.1, -0.05) is 23.7 Å². The lowest BCUT2D eigenvalue weighted by Gasteiger charge is -2.33. The minimum absolute atomic E-state index is 0.00534. The Labute approximate surface area is 237 Å². The van der Waals surface area contributed by atoms with E-state index in [-0.39, 0.29) is 40.9 Å². The second-order valence-electron chi connectivity index (χ2n) is 9.50. The predicted molar refractivity (Wildman–Crippen MR) is 146 cm³/mol. The van der Waals surface area contributed by atoms with E-state index >= 15 is 0 Å². The number of benzene rings is 2. The summed E-state index contributed by atoms with van der Waals surface area (Å²) in [5, 5.41) is 4.61. The SMILES string of the molecule is COCCN1CCO[C@H](CN2C(=O)S/C(=C\c3ccc4c(cnn4Cc4ccc(Cl)cc4C(F)(F)F)c3)C2=O)C1. The molecule has 0 bridgehead atoms. The van der Waals surface area contributed by atoms with Crippen molar-refractivity contribution in [3.63, 3.8) is 0 Å². The van der Waals surface area contributed by atoms with E-state index in [2.05, 4.69) is 10.00 Å². The van der Waals surface area contributed by atoms with Gasteiger partial charge in [0.05, 0.1) is 54.6 Å². The second kappa shape index (κ2) is 11.9. The molecule has 8 nitrogen and oxygen atoms in total. The maximum Gasteiger partial charge on any atom is 0.416 e. The summed E-state index contributed by atoms with van der Waals surface area (Å²) < 4.78 is 53.0. The van der Waals surface area contributed by atoms with Crippen molar-refractivity contribution in [3.05, 3.63) is 69.2 Å². The molecule has 0 radical (unpaired) electrons. The van der Waals surface area contributed by atoms with Crippen LogP contribution in [-0.2, 0) is 27.0 Å². The summed E-state index contributed by atoms with van der Waals surface area (Å²) in [4.78, 5) is 29.4. The average Bonchev–Trinajstić information content (AvgIpc) is 3.43. The Morgan fingerprint density at radius 1 is 1.23 bits per heavy atom. The van der Waals surface area contributed by atoms with Crippen LogP contribution in [-0.4, -0.2) is 83.3 Å². The summed E-state index contributed by atoms with van der Waals surface area (Å²) in [5.74, 6) is -0.383. The highest BCUT2D eigenvalue weighted by atomic mass is 35.5. The summed E-state index contributed by atoms with van der Waals surface area (Å²) in [6.45, 7) is 3.30. The lowest BCUT2D eigenvalue weighted by atomic mass is 10.1. The van der Waals surface area contributed by atoms with Crippen LogP contribution in [0.25, 0.3) is 17.0 Å². The fraction of sp³-hybridized carbons (Fsp3) is 0.370. The van der Waals surface area contributed by atoms with E-state index in [0.717, 1.165) is 30.9 Å². The first-order valence-electron chi connectivity index (χ1n) is 12.5. The molecule has 0 N–H and O–H groups in total. The van der Waals surface area contributed by atoms with Crippen LogP contribution in [0.2, 0.25) is 5.02 Å². The van der Waals surface area contributed by atoms with Gasteiger partial charge in [-0.25, -0.2) is 0 Å². The molecule has 3 aromatic rings. The number of imide groups is 1. The number of rotatable bonds is 8. The molecule has 1 aromatic heterocycles. The average molecular weight is 595 g/mol. The molecule has 2 amide bonds. The molecule has 13 heteroatoms. The van der Waals surface area contributed by atoms with Crippen molar-refractivity contribution in [1.82, 2.24) is 19.6 Å². The zero-order valence-corrected chi connectivity index (χ0v) is 23.1. The Hall–Kier alpha value is -2.90. The molecule has 5 rings (SSSR count). The van der Waals surface area contributed by atoms with Crippen LogP contribution in [0, 0.1) is 0 Å². The number of carbonyl (C=O) groups is 2. The number of fused-ring (bicyclic) bond motifs is 1. The number of morpholine rings is 1. The van der Waals surface area contributed by atoms with Gasteiger partial charge in [0, 0.05) is 37.2 Å². The minimum atomic E-state index is -4.55. The Kier molecular flexibility index (Phi) is 8.52. The highest BCUT2D eigenvalue weighted by Crippen LogP contribution is 2.35. The van der Waals surface area contributed by atoms with Gasteiger partial charge >= 0.3 is 6.18 Å². The van der Waals surface area contributed by atoms with Gasteiger partial charge < -0.3 is 9.47 Å². The van der Waals surface area contributed by atoms with Crippen LogP contribution in [0.5, 0.6) is 0 Å². The number of alkyl halides is 3. The highest BCUT2D eigenvalue weighted by molar-refractivity contribution is 8.18. The van der Waals surface area contributed by atoms with E-state index in [1.165, 1.54) is 21.7 Å². The van der Waals surface area contributed by atoms with Gasteiger partial charge in [-0.15, -0.1) is 0 Å². The largest absolute Gasteiger partial charge is 0.416 e. The van der Waals surface area contributed by atoms with Gasteiger partial charge in [0.2, 0.25) is 0 Å². The number of thioether (sulfide) groups is 1. The molecule has 0 saturated carbocycles. The lowest BCUT2D eigenvalue weighted by Crippen LogP contribution is -2.49. The lowest BCUT2D eigenvalue weighted by molar-refractivity contribution is -0.138. The first kappa shape index (κ1) is 28.6. The maximum atomic E-state index is 13.5. The van der Waals surface area contributed by atoms with Crippen molar-refractivity contribution < 1.29 is 32.2 Å². The molecule has 2 aromatic carbocycles. The van der Waals surface area contributed by atoms with E-state index < -0.39 is 11.7 Å². The number of methoxy groups -OCH3 is 1. The quantitative estimate of drug-likeness (QED) is 0.334. The molecule has 2 fully saturated rings. The van der Waals surface area contributed by atoms with Gasteiger partial charge in [0.1, 0.15) is 0 Å². The Morgan fingerprint density at radius 2 is 2.05 bits per heavy atom. The van der Waals surface area contributed by atoms with E-state index in [4.69, 9.17) is 21.1 Å². The molecule has 3 heterocycles. The van der Waals surface area contributed by atoms with Crippen LogP contribution in [0.1, 0.15) is 16.7 Å². The second-order valence-corrected chi connectivity index (χ2v) is 10.9. The smallest absolute Gasteiger partial charge is 0.383 e. The van der Waals surface area contributed by atoms with Crippen molar-refractivity contribution in [3.8, 4) is 0 Å². The third-order valence-electron chi connectivity index (χ3n) is 6.76. The summed E-state index contributed by atoms with van der Waals surface area (Å²) in [6, 6.07) is 8.91. The van der Waals surface area contributed by atoms with E-state index in [0.29, 0.717) is 41.1 Å². The molecule has 2 aliphatic rings. The van der Waals surface area contributed by atoms with E-state index in [9.17, 15) is 22.8 Å². The molecule has 212 valence electrons. The molecule has 0 unspecified atom stereocenters. The first-order valence-corrected chi connectivity index (χ1v) is 13.7. The van der Waals surface area contributed by atoms with Gasteiger partial charge in [-0.05, 0) is 53.2 Å². The van der Waals surface area contributed by atoms with Gasteiger partial charge in [-0.3, -0.25) is 24.1 Å². The number of ether oxygens (including phenoxy) is 2. The van der Waals surface area contributed by atoms with Crippen molar-refractivity contribution in [2.24, 2.45) is 0 Å². The van der Waals surface area contributed by atoms with Crippen molar-refractivity contribution >= 4 is 51.5 Å². The molecule has 40 heavy (non-hydrogen) atoms. The Morgan fingerprint density at radius 3 is 2.83 bits per heavy atom. The monoisotopic (exact) mass is 594 g/mol. The number of nitrogens with zero attached hydrogens (tertiary/aromatic N) is 4. The van der Waals surface area contributed by atoms with Crippen LogP contribution in [0.15, 0.2) is 47.5 Å². The first-order chi connectivity index (χ1) is 19.1. The Balaban J connectivity index is 1.30. The third-order valence-corrected chi connectivity index (χ3v) is 7.90. The summed E-state index contributed by atoms with van der Waals surface area (Å²) in [7, 11) is 1.64. The molecule has 2 aliphatic heterocycles. The fourth-order valence-corrected chi connectivity index (χ4v) is 5.78. The zero-order valence-electron chi connectivity index (χ0n) is 21.5. The molecular weight excluding hydrogens is 569 g/mol. The summed E-state index contributed by atoms with van der Waals surface area (Å²) in [5.41, 5.74) is 0.529. The summed E-state index contributed by atoms with van der Waals surface area (Å²) in [6.07, 6.45) is -1.64. The molecule has 1 atom stereocenters. The minimum Gasteiger partial charge on any atom is -0.383 e. The van der Waals surface area contributed by atoms with Crippen LogP contribution in [0.3, 0.4) is 0 Å². The Bertz CT molecular complexity index is 1460. The maximum absolute atomic E-state index is 13.5. The number of aromatic nitrogens is 2. The number of halogens is 4. The van der Waals surface area contributed by atoms with Gasteiger partial charge in [-0.2, -0.15) is 18.3 Å².